The average molecular weight is 320 g/mol. The Kier molecular flexibility index (Phi) is 5.00. The molecule has 7 heteroatoms. The highest BCUT2D eigenvalue weighted by molar-refractivity contribution is 7.89. The zero-order chi connectivity index (χ0) is 16.0. The highest BCUT2D eigenvalue weighted by atomic mass is 32.2. The number of hydrazone groups is 1. The number of sulfonamides is 1. The molecule has 2 aromatic rings. The summed E-state index contributed by atoms with van der Waals surface area (Å²) in [6.07, 6.45) is 1.37. The lowest BCUT2D eigenvalue weighted by Crippen LogP contribution is -2.18. The second kappa shape index (κ2) is 6.95. The Morgan fingerprint density at radius 3 is 2.41 bits per heavy atom. The topological polar surface area (TPSA) is 77.0 Å². The number of ether oxygens (including phenoxy) is 2. The standard InChI is InChI=1S/C15H16N2O4S/c1-20-13-9-8-12(15(10-13)21-2)11-16-17-22(18,19)14-6-4-3-5-7-14/h3-11,17H,1-2H3/b16-11-. The molecule has 0 saturated heterocycles. The molecule has 0 saturated carbocycles. The predicted molar refractivity (Wildman–Crippen MR) is 83.9 cm³/mol. The van der Waals surface area contributed by atoms with Crippen molar-refractivity contribution in [2.24, 2.45) is 5.10 Å². The molecule has 0 atom stereocenters. The quantitative estimate of drug-likeness (QED) is 0.652. The van der Waals surface area contributed by atoms with Gasteiger partial charge in [0.05, 0.1) is 25.3 Å². The lowest BCUT2D eigenvalue weighted by Gasteiger charge is -2.07. The van der Waals surface area contributed by atoms with Crippen molar-refractivity contribution >= 4 is 16.2 Å². The van der Waals surface area contributed by atoms with Gasteiger partial charge in [0.15, 0.2) is 0 Å². The molecule has 116 valence electrons. The molecule has 0 radical (unpaired) electrons. The van der Waals surface area contributed by atoms with Crippen LogP contribution in [-0.2, 0) is 10.0 Å². The Morgan fingerprint density at radius 2 is 1.77 bits per heavy atom. The molecular weight excluding hydrogens is 304 g/mol. The van der Waals surface area contributed by atoms with E-state index in [2.05, 4.69) is 9.93 Å². The molecule has 2 aromatic carbocycles. The van der Waals surface area contributed by atoms with Crippen LogP contribution in [0, 0.1) is 0 Å². The third kappa shape index (κ3) is 3.76. The maximum absolute atomic E-state index is 12.0. The number of nitrogens with one attached hydrogen (secondary N) is 1. The third-order valence-electron chi connectivity index (χ3n) is 2.87. The van der Waals surface area contributed by atoms with Gasteiger partial charge in [0.2, 0.25) is 0 Å². The van der Waals surface area contributed by atoms with Gasteiger partial charge >= 0.3 is 0 Å². The minimum Gasteiger partial charge on any atom is -0.497 e. The lowest BCUT2D eigenvalue weighted by atomic mass is 10.2. The third-order valence-corrected chi connectivity index (χ3v) is 4.11. The SMILES string of the molecule is COc1ccc(/C=N\NS(=O)(=O)c2ccccc2)c(OC)c1. The maximum atomic E-state index is 12.0. The first-order chi connectivity index (χ1) is 10.6. The minimum absolute atomic E-state index is 0.147. The van der Waals surface area contributed by atoms with Gasteiger partial charge in [0, 0.05) is 11.6 Å². The van der Waals surface area contributed by atoms with Crippen molar-refractivity contribution in [1.29, 1.82) is 0 Å². The molecule has 0 fully saturated rings. The normalized spacial score (nSPS) is 11.4. The zero-order valence-electron chi connectivity index (χ0n) is 12.2. The van der Waals surface area contributed by atoms with Crippen LogP contribution in [0.1, 0.15) is 5.56 Å². The van der Waals surface area contributed by atoms with E-state index in [1.807, 2.05) is 0 Å². The van der Waals surface area contributed by atoms with Crippen molar-refractivity contribution in [1.82, 2.24) is 4.83 Å². The van der Waals surface area contributed by atoms with E-state index in [0.717, 1.165) is 0 Å². The average Bonchev–Trinajstić information content (AvgIpc) is 2.55. The van der Waals surface area contributed by atoms with Crippen molar-refractivity contribution in [3.8, 4) is 11.5 Å². The first-order valence-corrected chi connectivity index (χ1v) is 7.87. The molecule has 0 bridgehead atoms. The van der Waals surface area contributed by atoms with Gasteiger partial charge in [-0.3, -0.25) is 0 Å². The first-order valence-electron chi connectivity index (χ1n) is 6.39. The predicted octanol–water partition coefficient (Wildman–Crippen LogP) is 2.02. The van der Waals surface area contributed by atoms with E-state index in [4.69, 9.17) is 9.47 Å². The van der Waals surface area contributed by atoms with E-state index < -0.39 is 10.0 Å². The summed E-state index contributed by atoms with van der Waals surface area (Å²) in [4.78, 5) is 2.31. The van der Waals surface area contributed by atoms with Crippen LogP contribution in [0.2, 0.25) is 0 Å². The van der Waals surface area contributed by atoms with E-state index in [9.17, 15) is 8.42 Å². The Balaban J connectivity index is 2.16. The van der Waals surface area contributed by atoms with Crippen LogP contribution in [0.25, 0.3) is 0 Å². The molecule has 0 aliphatic heterocycles. The number of hydrogen-bond acceptors (Lipinski definition) is 5. The number of hydrogen-bond donors (Lipinski definition) is 1. The van der Waals surface area contributed by atoms with Crippen LogP contribution >= 0.6 is 0 Å². The van der Waals surface area contributed by atoms with Gasteiger partial charge in [-0.05, 0) is 24.3 Å². The summed E-state index contributed by atoms with van der Waals surface area (Å²) in [7, 11) is -0.610. The summed E-state index contributed by atoms with van der Waals surface area (Å²) in [6, 6.07) is 13.2. The monoisotopic (exact) mass is 320 g/mol. The Bertz CT molecular complexity index is 758. The Morgan fingerprint density at radius 1 is 1.05 bits per heavy atom. The van der Waals surface area contributed by atoms with Crippen molar-refractivity contribution in [3.63, 3.8) is 0 Å². The van der Waals surface area contributed by atoms with Gasteiger partial charge in [0.25, 0.3) is 10.0 Å². The summed E-state index contributed by atoms with van der Waals surface area (Å²) in [5, 5.41) is 3.77. The van der Waals surface area contributed by atoms with E-state index in [0.29, 0.717) is 17.1 Å². The van der Waals surface area contributed by atoms with Gasteiger partial charge in [-0.2, -0.15) is 13.5 Å². The molecule has 0 heterocycles. The smallest absolute Gasteiger partial charge is 0.276 e. The van der Waals surface area contributed by atoms with Crippen LogP contribution in [0.4, 0.5) is 0 Å². The van der Waals surface area contributed by atoms with Crippen LogP contribution in [-0.4, -0.2) is 28.9 Å². The molecule has 0 aliphatic rings. The largest absolute Gasteiger partial charge is 0.497 e. The second-order valence-corrected chi connectivity index (χ2v) is 5.93. The van der Waals surface area contributed by atoms with Gasteiger partial charge in [0.1, 0.15) is 11.5 Å². The maximum Gasteiger partial charge on any atom is 0.276 e. The van der Waals surface area contributed by atoms with E-state index in [1.165, 1.54) is 25.5 Å². The first kappa shape index (κ1) is 15.8. The lowest BCUT2D eigenvalue weighted by molar-refractivity contribution is 0.394. The molecule has 0 spiro atoms. The fourth-order valence-corrected chi connectivity index (χ4v) is 2.56. The highest BCUT2D eigenvalue weighted by Gasteiger charge is 2.11. The van der Waals surface area contributed by atoms with Crippen molar-refractivity contribution in [2.45, 2.75) is 4.90 Å². The van der Waals surface area contributed by atoms with E-state index in [-0.39, 0.29) is 4.90 Å². The summed E-state index contributed by atoms with van der Waals surface area (Å²) in [6.45, 7) is 0. The highest BCUT2D eigenvalue weighted by Crippen LogP contribution is 2.23. The Labute approximate surface area is 129 Å². The fraction of sp³-hybridized carbons (Fsp3) is 0.133. The molecule has 0 aromatic heterocycles. The molecule has 0 unspecified atom stereocenters. The summed E-state index contributed by atoms with van der Waals surface area (Å²) < 4.78 is 34.3. The number of rotatable bonds is 6. The number of benzene rings is 2. The van der Waals surface area contributed by atoms with Crippen molar-refractivity contribution in [2.75, 3.05) is 14.2 Å². The molecule has 0 amide bonds. The van der Waals surface area contributed by atoms with Gasteiger partial charge in [-0.25, -0.2) is 4.83 Å². The van der Waals surface area contributed by atoms with Crippen LogP contribution in [0.5, 0.6) is 11.5 Å². The molecule has 6 nitrogen and oxygen atoms in total. The Hall–Kier alpha value is -2.54. The molecule has 2 rings (SSSR count). The van der Waals surface area contributed by atoms with E-state index >= 15 is 0 Å². The fourth-order valence-electron chi connectivity index (χ4n) is 1.74. The summed E-state index contributed by atoms with van der Waals surface area (Å²) in [5.74, 6) is 1.17. The van der Waals surface area contributed by atoms with Crippen LogP contribution in [0.3, 0.4) is 0 Å². The van der Waals surface area contributed by atoms with Crippen LogP contribution in [0.15, 0.2) is 58.5 Å². The second-order valence-electron chi connectivity index (χ2n) is 4.27. The molecule has 0 aliphatic carbocycles. The van der Waals surface area contributed by atoms with Crippen molar-refractivity contribution < 1.29 is 17.9 Å². The van der Waals surface area contributed by atoms with Gasteiger partial charge in [-0.1, -0.05) is 18.2 Å². The zero-order valence-corrected chi connectivity index (χ0v) is 13.0. The molecular formula is C15H16N2O4S. The molecule has 1 N–H and O–H groups in total. The minimum atomic E-state index is -3.68. The van der Waals surface area contributed by atoms with Crippen molar-refractivity contribution in [3.05, 3.63) is 54.1 Å². The summed E-state index contributed by atoms with van der Waals surface area (Å²) >= 11 is 0. The number of nitrogens with zero attached hydrogens (tertiary/aromatic N) is 1. The summed E-state index contributed by atoms with van der Waals surface area (Å²) in [5.41, 5.74) is 0.624. The van der Waals surface area contributed by atoms with E-state index in [1.54, 1.807) is 43.5 Å². The number of methoxy groups -OCH3 is 2. The van der Waals surface area contributed by atoms with Crippen LogP contribution < -0.4 is 14.3 Å². The molecule has 22 heavy (non-hydrogen) atoms. The van der Waals surface area contributed by atoms with Gasteiger partial charge < -0.3 is 9.47 Å². The van der Waals surface area contributed by atoms with Gasteiger partial charge in [-0.15, -0.1) is 0 Å².